The molecule has 1 fully saturated rings. The van der Waals surface area contributed by atoms with Crippen molar-refractivity contribution in [3.8, 4) is 0 Å². The van der Waals surface area contributed by atoms with Gasteiger partial charge in [0.05, 0.1) is 0 Å². The molecule has 0 bridgehead atoms. The van der Waals surface area contributed by atoms with Gasteiger partial charge in [0.1, 0.15) is 0 Å². The second-order valence-corrected chi connectivity index (χ2v) is 2.71. The first kappa shape index (κ1) is 10.6. The zero-order chi connectivity index (χ0) is 6.69. The topological polar surface area (TPSA) is 52.0 Å². The minimum absolute atomic E-state index is 0. The first-order valence-corrected chi connectivity index (χ1v) is 3.65. The van der Waals surface area contributed by atoms with E-state index in [0.717, 1.165) is 12.8 Å². The summed E-state index contributed by atoms with van der Waals surface area (Å²) < 4.78 is 0. The van der Waals surface area contributed by atoms with Crippen molar-refractivity contribution in [2.75, 3.05) is 6.54 Å². The number of nitrogens with two attached hydrogens (primary N) is 2. The van der Waals surface area contributed by atoms with Gasteiger partial charge in [-0.25, -0.2) is 0 Å². The second kappa shape index (κ2) is 5.28. The zero-order valence-corrected chi connectivity index (χ0v) is 8.36. The Labute approximate surface area is 77.0 Å². The maximum absolute atomic E-state index is 5.77. The fraction of sp³-hybridized carbons (Fsp3) is 0.857. The molecule has 1 saturated carbocycles. The molecule has 0 aromatic rings. The Hall–Kier alpha value is 0.608. The summed E-state index contributed by atoms with van der Waals surface area (Å²) >= 11 is 0. The van der Waals surface area contributed by atoms with Crippen molar-refractivity contribution in [2.45, 2.75) is 31.7 Å². The molecule has 64 valence electrons. The van der Waals surface area contributed by atoms with Crippen LogP contribution in [0.3, 0.4) is 0 Å². The van der Waals surface area contributed by atoms with E-state index in [0.29, 0.717) is 12.6 Å². The van der Waals surface area contributed by atoms with E-state index in [-0.39, 0.29) is 21.1 Å². The van der Waals surface area contributed by atoms with Gasteiger partial charge in [0.15, 0.2) is 0 Å². The van der Waals surface area contributed by atoms with Gasteiger partial charge in [-0.3, -0.25) is 5.92 Å². The largest absolute Gasteiger partial charge is 0.360 e. The van der Waals surface area contributed by atoms with Gasteiger partial charge in [-0.2, -0.15) is 6.42 Å². The van der Waals surface area contributed by atoms with Crippen molar-refractivity contribution >= 4 is 0 Å². The van der Waals surface area contributed by atoms with Crippen LogP contribution in [0.2, 0.25) is 0 Å². The van der Waals surface area contributed by atoms with Crippen molar-refractivity contribution in [3.05, 3.63) is 5.92 Å². The van der Waals surface area contributed by atoms with Gasteiger partial charge in [0, 0.05) is 21.1 Å². The summed E-state index contributed by atoms with van der Waals surface area (Å²) in [5.41, 5.74) is 11.2. The van der Waals surface area contributed by atoms with Gasteiger partial charge >= 0.3 is 0 Å². The molecule has 1 rings (SSSR count). The molecule has 0 aliphatic heterocycles. The van der Waals surface area contributed by atoms with Crippen molar-refractivity contribution in [1.29, 1.82) is 0 Å². The van der Waals surface area contributed by atoms with Crippen LogP contribution >= 0.6 is 0 Å². The van der Waals surface area contributed by atoms with E-state index in [1.165, 1.54) is 18.8 Å². The molecule has 0 heterocycles. The molecule has 0 saturated heterocycles. The molecule has 2 nitrogen and oxygen atoms in total. The fourth-order valence-corrected chi connectivity index (χ4v) is 1.36. The van der Waals surface area contributed by atoms with Gasteiger partial charge in [0.25, 0.3) is 0 Å². The third-order valence-corrected chi connectivity index (χ3v) is 2.05. The molecule has 1 aliphatic rings. The van der Waals surface area contributed by atoms with Gasteiger partial charge in [-0.1, -0.05) is 19.3 Å². The van der Waals surface area contributed by atoms with Crippen LogP contribution in [-0.2, 0) is 21.1 Å². The van der Waals surface area contributed by atoms with Crippen molar-refractivity contribution in [1.82, 2.24) is 0 Å². The third-order valence-electron chi connectivity index (χ3n) is 2.05. The van der Waals surface area contributed by atoms with Crippen LogP contribution in [0, 0.1) is 5.92 Å². The summed E-state index contributed by atoms with van der Waals surface area (Å²) in [6.07, 6.45) is 4.88. The Morgan fingerprint density at radius 1 is 1.40 bits per heavy atom. The number of hydrogen-bond donors (Lipinski definition) is 2. The summed E-state index contributed by atoms with van der Waals surface area (Å²) in [5.74, 6) is 1.36. The van der Waals surface area contributed by atoms with E-state index >= 15 is 0 Å². The molecule has 0 amide bonds. The normalized spacial score (nSPS) is 27.6. The molecular weight excluding hydrogens is 307 g/mol. The van der Waals surface area contributed by atoms with Gasteiger partial charge in [0.2, 0.25) is 0 Å². The molecule has 3 heteroatoms. The van der Waals surface area contributed by atoms with Crippen LogP contribution < -0.4 is 11.5 Å². The van der Waals surface area contributed by atoms with E-state index < -0.39 is 0 Å². The molecule has 1 aliphatic carbocycles. The molecule has 1 unspecified atom stereocenters. The summed E-state index contributed by atoms with van der Waals surface area (Å²) in [6, 6.07) is 0.309. The van der Waals surface area contributed by atoms with E-state index in [4.69, 9.17) is 11.5 Å². The molecule has 0 aromatic heterocycles. The van der Waals surface area contributed by atoms with E-state index in [2.05, 4.69) is 0 Å². The van der Waals surface area contributed by atoms with Crippen LogP contribution in [0.5, 0.6) is 0 Å². The quantitative estimate of drug-likeness (QED) is 0.688. The van der Waals surface area contributed by atoms with Crippen LogP contribution in [0.25, 0.3) is 0 Å². The first-order valence-electron chi connectivity index (χ1n) is 3.65. The van der Waals surface area contributed by atoms with Crippen LogP contribution in [0.15, 0.2) is 0 Å². The smallest absolute Gasteiger partial charge is 0 e. The standard InChI is InChI=1S/C7H15N2.Pt/c8-5-6-3-1-2-4-7(6)9;/h7H,1-5,8-9H2;/q-1;. The van der Waals surface area contributed by atoms with E-state index in [9.17, 15) is 0 Å². The summed E-state index contributed by atoms with van der Waals surface area (Å²) in [7, 11) is 0. The minimum Gasteiger partial charge on any atom is -0.360 e. The van der Waals surface area contributed by atoms with E-state index in [1.807, 2.05) is 0 Å². The third kappa shape index (κ3) is 2.69. The molecule has 0 radical (unpaired) electrons. The van der Waals surface area contributed by atoms with Crippen molar-refractivity contribution in [2.24, 2.45) is 11.5 Å². The van der Waals surface area contributed by atoms with Gasteiger partial charge in [-0.15, -0.1) is 12.6 Å². The number of hydrogen-bond acceptors (Lipinski definition) is 2. The summed E-state index contributed by atoms with van der Waals surface area (Å²) in [6.45, 7) is 0.696. The molecule has 0 spiro atoms. The molecule has 4 N–H and O–H groups in total. The SMILES string of the molecule is NC[C-]1CCCCC1N.[Pt]. The average Bonchev–Trinajstić information content (AvgIpc) is 1.89. The first-order chi connectivity index (χ1) is 4.34. The van der Waals surface area contributed by atoms with Crippen LogP contribution in [0.1, 0.15) is 25.7 Å². The Morgan fingerprint density at radius 3 is 2.50 bits per heavy atom. The Balaban J connectivity index is 0.000000810. The molecule has 1 atom stereocenters. The van der Waals surface area contributed by atoms with Crippen molar-refractivity contribution in [3.63, 3.8) is 0 Å². The van der Waals surface area contributed by atoms with Crippen LogP contribution in [-0.4, -0.2) is 12.6 Å². The molecule has 0 aromatic carbocycles. The maximum Gasteiger partial charge on any atom is 0 e. The monoisotopic (exact) mass is 322 g/mol. The number of rotatable bonds is 1. The van der Waals surface area contributed by atoms with Gasteiger partial charge in [-0.05, 0) is 0 Å². The van der Waals surface area contributed by atoms with E-state index in [1.54, 1.807) is 0 Å². The Kier molecular flexibility index (Phi) is 5.61. The molecule has 10 heavy (non-hydrogen) atoms. The minimum atomic E-state index is 0. The summed E-state index contributed by atoms with van der Waals surface area (Å²) in [5, 5.41) is 0. The summed E-state index contributed by atoms with van der Waals surface area (Å²) in [4.78, 5) is 0. The van der Waals surface area contributed by atoms with Gasteiger partial charge < -0.3 is 11.5 Å². The predicted molar refractivity (Wildman–Crippen MR) is 38.7 cm³/mol. The average molecular weight is 322 g/mol. The Morgan fingerprint density at radius 2 is 2.10 bits per heavy atom. The molecular formula is C7H15N2Pt-. The fourth-order valence-electron chi connectivity index (χ4n) is 1.36. The maximum atomic E-state index is 5.77. The predicted octanol–water partition coefficient (Wildman–Crippen LogP) is 0.418. The van der Waals surface area contributed by atoms with Crippen molar-refractivity contribution < 1.29 is 21.1 Å². The van der Waals surface area contributed by atoms with Crippen LogP contribution in [0.4, 0.5) is 0 Å². The second-order valence-electron chi connectivity index (χ2n) is 2.71. The zero-order valence-electron chi connectivity index (χ0n) is 6.08. The Bertz CT molecular complexity index is 87.7.